The molecule has 0 atom stereocenters. The zero-order valence-electron chi connectivity index (χ0n) is 10.9. The molecule has 1 aromatic rings. The molecule has 3 amide bonds. The lowest BCUT2D eigenvalue weighted by Gasteiger charge is -2.25. The van der Waals surface area contributed by atoms with Crippen LogP contribution in [0.1, 0.15) is 0 Å². The van der Waals surface area contributed by atoms with Crippen LogP contribution in [0.5, 0.6) is 5.75 Å². The first-order valence-electron chi connectivity index (χ1n) is 5.96. The number of hydrogen-bond donors (Lipinski definition) is 1. The molecular weight excluding hydrogens is 280 g/mol. The van der Waals surface area contributed by atoms with Gasteiger partial charge in [0.25, 0.3) is 0 Å². The van der Waals surface area contributed by atoms with Crippen LogP contribution in [0.15, 0.2) is 29.2 Å². The van der Waals surface area contributed by atoms with Crippen LogP contribution < -0.4 is 10.1 Å². The molecule has 1 aromatic carbocycles. The molecule has 1 aliphatic heterocycles. The molecule has 6 nitrogen and oxygen atoms in total. The topological polar surface area (TPSA) is 75.7 Å². The number of thioether (sulfide) groups is 1. The third-order valence-corrected chi connectivity index (χ3v) is 3.72. The molecule has 7 heteroatoms. The number of ether oxygens (including phenoxy) is 1. The molecule has 1 N–H and O–H groups in total. The molecule has 1 heterocycles. The lowest BCUT2D eigenvalue weighted by Crippen LogP contribution is -2.53. The van der Waals surface area contributed by atoms with Gasteiger partial charge in [0, 0.05) is 4.90 Å². The van der Waals surface area contributed by atoms with Crippen LogP contribution in [0, 0.1) is 0 Å². The second kappa shape index (κ2) is 6.42. The van der Waals surface area contributed by atoms with Gasteiger partial charge in [-0.1, -0.05) is 0 Å². The van der Waals surface area contributed by atoms with E-state index in [0.29, 0.717) is 0 Å². The highest BCUT2D eigenvalue weighted by molar-refractivity contribution is 8.00. The fraction of sp³-hybridized carbons (Fsp3) is 0.308. The normalized spacial score (nSPS) is 14.9. The van der Waals surface area contributed by atoms with Gasteiger partial charge in [-0.3, -0.25) is 19.7 Å². The minimum atomic E-state index is -0.441. The Morgan fingerprint density at radius 1 is 1.25 bits per heavy atom. The quantitative estimate of drug-likeness (QED) is 0.637. The Kier molecular flexibility index (Phi) is 4.62. The highest BCUT2D eigenvalue weighted by Crippen LogP contribution is 2.21. The van der Waals surface area contributed by atoms with Gasteiger partial charge in [-0.05, 0) is 24.3 Å². The number of hydrogen-bond acceptors (Lipinski definition) is 5. The molecule has 0 saturated carbocycles. The maximum atomic E-state index is 11.9. The zero-order chi connectivity index (χ0) is 14.5. The van der Waals surface area contributed by atoms with Gasteiger partial charge in [-0.25, -0.2) is 0 Å². The van der Waals surface area contributed by atoms with E-state index in [0.717, 1.165) is 10.6 Å². The van der Waals surface area contributed by atoms with Gasteiger partial charge in [0.2, 0.25) is 17.7 Å². The zero-order valence-corrected chi connectivity index (χ0v) is 11.7. The summed E-state index contributed by atoms with van der Waals surface area (Å²) in [5.41, 5.74) is 0. The first-order chi connectivity index (χ1) is 9.58. The van der Waals surface area contributed by atoms with Crippen LogP contribution in [0.25, 0.3) is 0 Å². The minimum Gasteiger partial charge on any atom is -0.497 e. The Morgan fingerprint density at radius 2 is 1.85 bits per heavy atom. The summed E-state index contributed by atoms with van der Waals surface area (Å²) in [6.45, 7) is -0.124. The number of piperazine rings is 1. The van der Waals surface area contributed by atoms with Crippen LogP contribution in [-0.2, 0) is 14.4 Å². The molecule has 106 valence electrons. The predicted octanol–water partition coefficient (Wildman–Crippen LogP) is 0.272. The van der Waals surface area contributed by atoms with Crippen molar-refractivity contribution in [3.05, 3.63) is 24.3 Å². The minimum absolute atomic E-state index is 0.0618. The van der Waals surface area contributed by atoms with Crippen molar-refractivity contribution in [2.75, 3.05) is 26.0 Å². The highest BCUT2D eigenvalue weighted by Gasteiger charge is 2.25. The van der Waals surface area contributed by atoms with Crippen molar-refractivity contribution in [1.82, 2.24) is 10.2 Å². The molecule has 0 spiro atoms. The Labute approximate surface area is 120 Å². The van der Waals surface area contributed by atoms with Crippen molar-refractivity contribution in [3.63, 3.8) is 0 Å². The largest absolute Gasteiger partial charge is 0.497 e. The standard InChI is InChI=1S/C13H14N2O4S/c1-19-9-2-4-10(5-3-9)20-8-13(18)15-6-11(16)14-12(17)7-15/h2-5H,6-8H2,1H3,(H,14,16,17). The van der Waals surface area contributed by atoms with Crippen LogP contribution in [0.2, 0.25) is 0 Å². The lowest BCUT2D eigenvalue weighted by atomic mass is 10.3. The molecule has 0 unspecified atom stereocenters. The summed E-state index contributed by atoms with van der Waals surface area (Å²) < 4.78 is 5.05. The lowest BCUT2D eigenvalue weighted by molar-refractivity contribution is -0.144. The van der Waals surface area contributed by atoms with E-state index in [-0.39, 0.29) is 24.7 Å². The SMILES string of the molecule is COc1ccc(SCC(=O)N2CC(=O)NC(=O)C2)cc1. The number of nitrogens with one attached hydrogen (secondary N) is 1. The van der Waals surface area contributed by atoms with E-state index in [1.54, 1.807) is 7.11 Å². The molecular formula is C13H14N2O4S. The van der Waals surface area contributed by atoms with Crippen molar-refractivity contribution in [3.8, 4) is 5.75 Å². The van der Waals surface area contributed by atoms with E-state index < -0.39 is 11.8 Å². The third-order valence-electron chi connectivity index (χ3n) is 2.72. The molecule has 1 aliphatic rings. The first kappa shape index (κ1) is 14.4. The van der Waals surface area contributed by atoms with Crippen molar-refractivity contribution >= 4 is 29.5 Å². The summed E-state index contributed by atoms with van der Waals surface area (Å²) >= 11 is 1.35. The van der Waals surface area contributed by atoms with Gasteiger partial charge in [-0.15, -0.1) is 11.8 Å². The fourth-order valence-corrected chi connectivity index (χ4v) is 2.52. The molecule has 0 radical (unpaired) electrons. The number of methoxy groups -OCH3 is 1. The fourth-order valence-electron chi connectivity index (χ4n) is 1.72. The van der Waals surface area contributed by atoms with Gasteiger partial charge >= 0.3 is 0 Å². The van der Waals surface area contributed by atoms with Gasteiger partial charge < -0.3 is 9.64 Å². The molecule has 1 fully saturated rings. The number of imide groups is 1. The Bertz CT molecular complexity index is 514. The monoisotopic (exact) mass is 294 g/mol. The summed E-state index contributed by atoms with van der Waals surface area (Å²) in [7, 11) is 1.59. The van der Waals surface area contributed by atoms with Crippen LogP contribution in [0.4, 0.5) is 0 Å². The second-order valence-electron chi connectivity index (χ2n) is 4.19. The van der Waals surface area contributed by atoms with Crippen molar-refractivity contribution in [2.24, 2.45) is 0 Å². The highest BCUT2D eigenvalue weighted by atomic mass is 32.2. The maximum absolute atomic E-state index is 11.9. The number of nitrogens with zero attached hydrogens (tertiary/aromatic N) is 1. The Morgan fingerprint density at radius 3 is 2.40 bits per heavy atom. The summed E-state index contributed by atoms with van der Waals surface area (Å²) in [6, 6.07) is 7.32. The van der Waals surface area contributed by atoms with E-state index in [4.69, 9.17) is 4.74 Å². The van der Waals surface area contributed by atoms with Crippen molar-refractivity contribution in [1.29, 1.82) is 0 Å². The second-order valence-corrected chi connectivity index (χ2v) is 5.23. The summed E-state index contributed by atoms with van der Waals surface area (Å²) in [4.78, 5) is 36.5. The molecule has 2 rings (SSSR count). The Balaban J connectivity index is 1.87. The van der Waals surface area contributed by atoms with Crippen molar-refractivity contribution in [2.45, 2.75) is 4.90 Å². The van der Waals surface area contributed by atoms with Gasteiger partial charge in [0.15, 0.2) is 0 Å². The molecule has 0 bridgehead atoms. The van der Waals surface area contributed by atoms with E-state index in [1.807, 2.05) is 24.3 Å². The van der Waals surface area contributed by atoms with E-state index in [9.17, 15) is 14.4 Å². The van der Waals surface area contributed by atoms with Gasteiger partial charge in [0.05, 0.1) is 12.9 Å². The smallest absolute Gasteiger partial charge is 0.246 e. The number of amides is 3. The summed E-state index contributed by atoms with van der Waals surface area (Å²) in [5, 5.41) is 2.16. The summed E-state index contributed by atoms with van der Waals surface area (Å²) in [5.74, 6) is -0.173. The third kappa shape index (κ3) is 3.74. The number of benzene rings is 1. The maximum Gasteiger partial charge on any atom is 0.246 e. The average Bonchev–Trinajstić information content (AvgIpc) is 2.44. The van der Waals surface area contributed by atoms with Crippen LogP contribution >= 0.6 is 11.8 Å². The number of rotatable bonds is 4. The van der Waals surface area contributed by atoms with E-state index >= 15 is 0 Å². The molecule has 0 aromatic heterocycles. The predicted molar refractivity (Wildman–Crippen MR) is 73.4 cm³/mol. The van der Waals surface area contributed by atoms with Gasteiger partial charge in [0.1, 0.15) is 18.8 Å². The first-order valence-corrected chi connectivity index (χ1v) is 6.94. The van der Waals surface area contributed by atoms with Gasteiger partial charge in [-0.2, -0.15) is 0 Å². The molecule has 20 heavy (non-hydrogen) atoms. The number of carbonyl (C=O) groups excluding carboxylic acids is 3. The summed E-state index contributed by atoms with van der Waals surface area (Å²) in [6.07, 6.45) is 0. The molecule has 1 saturated heterocycles. The van der Waals surface area contributed by atoms with E-state index in [1.165, 1.54) is 16.7 Å². The average molecular weight is 294 g/mol. The van der Waals surface area contributed by atoms with Crippen LogP contribution in [-0.4, -0.2) is 48.6 Å². The number of carbonyl (C=O) groups is 3. The molecule has 0 aliphatic carbocycles. The van der Waals surface area contributed by atoms with Crippen molar-refractivity contribution < 1.29 is 19.1 Å². The Hall–Kier alpha value is -2.02. The van der Waals surface area contributed by atoms with Crippen LogP contribution in [0.3, 0.4) is 0 Å². The van der Waals surface area contributed by atoms with E-state index in [2.05, 4.69) is 5.32 Å².